The molecular weight excluding hydrogens is 306 g/mol. The topological polar surface area (TPSA) is 12.0 Å². The molecule has 1 aliphatic rings. The van der Waals surface area contributed by atoms with Crippen LogP contribution in [0.2, 0.25) is 0 Å². The molecule has 2 rings (SSSR count). The number of halogens is 1. The van der Waals surface area contributed by atoms with Gasteiger partial charge in [0.2, 0.25) is 0 Å². The highest BCUT2D eigenvalue weighted by Crippen LogP contribution is 2.34. The average Bonchev–Trinajstić information content (AvgIpc) is 2.65. The lowest BCUT2D eigenvalue weighted by Crippen LogP contribution is -2.23. The van der Waals surface area contributed by atoms with E-state index in [2.05, 4.69) is 45.7 Å². The van der Waals surface area contributed by atoms with E-state index in [-0.39, 0.29) is 0 Å². The smallest absolute Gasteiger partial charge is 0.0630 e. The molecule has 0 spiro atoms. The zero-order chi connectivity index (χ0) is 12.8. The molecule has 1 N–H and O–H groups in total. The van der Waals surface area contributed by atoms with Crippen molar-refractivity contribution in [1.82, 2.24) is 5.32 Å². The maximum Gasteiger partial charge on any atom is 0.0630 e. The fourth-order valence-electron chi connectivity index (χ4n) is 2.48. The van der Waals surface area contributed by atoms with Crippen LogP contribution >= 0.6 is 27.3 Å². The highest BCUT2D eigenvalue weighted by molar-refractivity contribution is 9.10. The van der Waals surface area contributed by atoms with Gasteiger partial charge in [0.05, 0.1) is 6.04 Å². The van der Waals surface area contributed by atoms with Crippen LogP contribution in [-0.4, -0.2) is 6.54 Å². The molecule has 1 aromatic rings. The van der Waals surface area contributed by atoms with Crippen molar-refractivity contribution in [2.75, 3.05) is 6.54 Å². The van der Waals surface area contributed by atoms with Crippen molar-refractivity contribution in [3.05, 3.63) is 32.4 Å². The Hall–Kier alpha value is -0.120. The van der Waals surface area contributed by atoms with Gasteiger partial charge in [-0.15, -0.1) is 11.3 Å². The third-order valence-electron chi connectivity index (χ3n) is 3.42. The molecule has 0 bridgehead atoms. The second-order valence-corrected chi connectivity index (χ2v) is 6.79. The summed E-state index contributed by atoms with van der Waals surface area (Å²) in [5.41, 5.74) is 1.61. The van der Waals surface area contributed by atoms with Crippen molar-refractivity contribution in [2.45, 2.75) is 51.5 Å². The van der Waals surface area contributed by atoms with Gasteiger partial charge in [0, 0.05) is 14.7 Å². The molecule has 0 fully saturated rings. The number of nitrogens with one attached hydrogen (secondary N) is 1. The predicted molar refractivity (Wildman–Crippen MR) is 84.2 cm³/mol. The van der Waals surface area contributed by atoms with E-state index in [4.69, 9.17) is 0 Å². The van der Waals surface area contributed by atoms with Gasteiger partial charge in [0.1, 0.15) is 0 Å². The molecule has 1 heterocycles. The van der Waals surface area contributed by atoms with Crippen LogP contribution in [0.3, 0.4) is 0 Å². The van der Waals surface area contributed by atoms with Crippen LogP contribution in [0.25, 0.3) is 0 Å². The molecule has 0 aliphatic heterocycles. The van der Waals surface area contributed by atoms with Gasteiger partial charge >= 0.3 is 0 Å². The molecule has 100 valence electrons. The van der Waals surface area contributed by atoms with Crippen LogP contribution in [0.1, 0.15) is 56.4 Å². The van der Waals surface area contributed by atoms with Crippen LogP contribution in [0, 0.1) is 0 Å². The Labute approximate surface area is 123 Å². The average molecular weight is 328 g/mol. The van der Waals surface area contributed by atoms with Gasteiger partial charge in [-0.1, -0.05) is 25.0 Å². The first-order valence-corrected chi connectivity index (χ1v) is 8.64. The van der Waals surface area contributed by atoms with E-state index in [0.29, 0.717) is 6.04 Å². The number of rotatable bonds is 5. The lowest BCUT2D eigenvalue weighted by atomic mass is 10.0. The zero-order valence-corrected chi connectivity index (χ0v) is 13.4. The number of allylic oxidation sites excluding steroid dienone is 1. The highest BCUT2D eigenvalue weighted by Gasteiger charge is 2.18. The third kappa shape index (κ3) is 3.94. The molecule has 1 atom stereocenters. The van der Waals surface area contributed by atoms with Crippen LogP contribution in [0.5, 0.6) is 0 Å². The fraction of sp³-hybridized carbons (Fsp3) is 0.600. The Morgan fingerprint density at radius 3 is 3.00 bits per heavy atom. The summed E-state index contributed by atoms with van der Waals surface area (Å²) in [7, 11) is 0. The first kappa shape index (κ1) is 14.3. The third-order valence-corrected chi connectivity index (χ3v) is 5.18. The maximum absolute atomic E-state index is 3.72. The molecule has 0 amide bonds. The second-order valence-electron chi connectivity index (χ2n) is 4.93. The highest BCUT2D eigenvalue weighted by atomic mass is 79.9. The van der Waals surface area contributed by atoms with Crippen LogP contribution in [-0.2, 0) is 0 Å². The maximum atomic E-state index is 3.72. The van der Waals surface area contributed by atoms with Crippen molar-refractivity contribution in [3.63, 3.8) is 0 Å². The summed E-state index contributed by atoms with van der Waals surface area (Å²) in [6, 6.07) is 2.71. The minimum absolute atomic E-state index is 0.444. The summed E-state index contributed by atoms with van der Waals surface area (Å²) in [6.07, 6.45) is 10.3. The summed E-state index contributed by atoms with van der Waals surface area (Å²) in [6.45, 7) is 3.33. The summed E-state index contributed by atoms with van der Waals surface area (Å²) < 4.78 is 1.21. The van der Waals surface area contributed by atoms with E-state index in [9.17, 15) is 0 Å². The fourth-order valence-corrected chi connectivity index (χ4v) is 4.05. The minimum Gasteiger partial charge on any atom is -0.306 e. The van der Waals surface area contributed by atoms with Crippen LogP contribution < -0.4 is 5.32 Å². The van der Waals surface area contributed by atoms with E-state index in [1.807, 2.05) is 11.3 Å². The minimum atomic E-state index is 0.444. The summed E-state index contributed by atoms with van der Waals surface area (Å²) in [5, 5.41) is 5.91. The van der Waals surface area contributed by atoms with Crippen molar-refractivity contribution in [1.29, 1.82) is 0 Å². The molecule has 1 aromatic heterocycles. The first-order chi connectivity index (χ1) is 8.81. The van der Waals surface area contributed by atoms with Gasteiger partial charge < -0.3 is 5.32 Å². The van der Waals surface area contributed by atoms with Gasteiger partial charge in [0.15, 0.2) is 0 Å². The molecule has 0 saturated heterocycles. The lowest BCUT2D eigenvalue weighted by Gasteiger charge is -2.20. The van der Waals surface area contributed by atoms with Gasteiger partial charge in [0.25, 0.3) is 0 Å². The van der Waals surface area contributed by atoms with Crippen molar-refractivity contribution in [3.8, 4) is 0 Å². The number of thiophene rings is 1. The second kappa shape index (κ2) is 7.46. The Kier molecular flexibility index (Phi) is 5.93. The van der Waals surface area contributed by atoms with Crippen LogP contribution in [0.15, 0.2) is 27.6 Å². The Morgan fingerprint density at radius 2 is 2.28 bits per heavy atom. The van der Waals surface area contributed by atoms with E-state index in [0.717, 1.165) is 6.54 Å². The molecule has 1 aliphatic carbocycles. The summed E-state index contributed by atoms with van der Waals surface area (Å²) >= 11 is 5.43. The van der Waals surface area contributed by atoms with E-state index >= 15 is 0 Å². The summed E-state index contributed by atoms with van der Waals surface area (Å²) in [5.74, 6) is 0. The zero-order valence-electron chi connectivity index (χ0n) is 11.0. The van der Waals surface area contributed by atoms with Crippen LogP contribution in [0.4, 0.5) is 0 Å². The molecule has 0 saturated carbocycles. The van der Waals surface area contributed by atoms with Crippen molar-refractivity contribution >= 4 is 27.3 Å². The van der Waals surface area contributed by atoms with E-state index in [1.54, 1.807) is 5.57 Å². The molecule has 18 heavy (non-hydrogen) atoms. The Balaban J connectivity index is 2.15. The molecule has 0 radical (unpaired) electrons. The molecule has 1 unspecified atom stereocenters. The quantitative estimate of drug-likeness (QED) is 0.710. The van der Waals surface area contributed by atoms with Crippen molar-refractivity contribution < 1.29 is 0 Å². The predicted octanol–water partition coefficient (Wildman–Crippen LogP) is 5.44. The molecule has 1 nitrogen and oxygen atoms in total. The van der Waals surface area contributed by atoms with Gasteiger partial charge in [-0.05, 0) is 60.6 Å². The van der Waals surface area contributed by atoms with Gasteiger partial charge in [-0.25, -0.2) is 0 Å². The van der Waals surface area contributed by atoms with E-state index < -0.39 is 0 Å². The summed E-state index contributed by atoms with van der Waals surface area (Å²) in [4.78, 5) is 1.45. The van der Waals surface area contributed by atoms with Gasteiger partial charge in [-0.2, -0.15) is 0 Å². The normalized spacial score (nSPS) is 18.2. The number of hydrogen-bond acceptors (Lipinski definition) is 2. The largest absolute Gasteiger partial charge is 0.306 e. The Bertz CT molecular complexity index is 397. The standard InChI is InChI=1S/C15H22BrNS/c1-2-9-17-15(14-10-13(16)11-18-14)12-7-5-3-4-6-8-12/h7,10-11,15,17H,2-6,8-9H2,1H3. The number of hydrogen-bond donors (Lipinski definition) is 1. The van der Waals surface area contributed by atoms with Gasteiger partial charge in [-0.3, -0.25) is 0 Å². The molecule has 0 aromatic carbocycles. The Morgan fingerprint density at radius 1 is 1.39 bits per heavy atom. The molecule has 3 heteroatoms. The monoisotopic (exact) mass is 327 g/mol. The van der Waals surface area contributed by atoms with E-state index in [1.165, 1.54) is 47.9 Å². The first-order valence-electron chi connectivity index (χ1n) is 6.97. The van der Waals surface area contributed by atoms with Crippen molar-refractivity contribution in [2.24, 2.45) is 0 Å². The molecular formula is C15H22BrNS. The lowest BCUT2D eigenvalue weighted by molar-refractivity contribution is 0.573. The SMILES string of the molecule is CCCNC(C1=CCCCCC1)c1cc(Br)cs1.